The number of hydrogen-bond acceptors (Lipinski definition) is 5. The van der Waals surface area contributed by atoms with E-state index in [1.165, 1.54) is 0 Å². The van der Waals surface area contributed by atoms with Gasteiger partial charge in [-0.05, 0) is 13.0 Å². The fourth-order valence-corrected chi connectivity index (χ4v) is 1.39. The molecule has 2 rings (SSSR count). The highest BCUT2D eigenvalue weighted by atomic mass is 16.5. The van der Waals surface area contributed by atoms with Gasteiger partial charge in [-0.25, -0.2) is 9.78 Å². The van der Waals surface area contributed by atoms with E-state index < -0.39 is 11.9 Å². The lowest BCUT2D eigenvalue weighted by molar-refractivity contribution is 0.0699. The molecule has 0 bridgehead atoms. The number of carbonyl (C=O) groups is 2. The molecular formula is C9H7N3O4. The minimum absolute atomic E-state index is 0.00815. The summed E-state index contributed by atoms with van der Waals surface area (Å²) < 4.78 is 4.80. The molecule has 7 heteroatoms. The van der Waals surface area contributed by atoms with Crippen LogP contribution in [0.2, 0.25) is 0 Å². The van der Waals surface area contributed by atoms with Crippen LogP contribution in [0.3, 0.4) is 0 Å². The summed E-state index contributed by atoms with van der Waals surface area (Å²) in [5.74, 6) is -2.01. The molecule has 2 aromatic rings. The van der Waals surface area contributed by atoms with Crippen molar-refractivity contribution in [2.45, 2.75) is 6.92 Å². The molecule has 2 heterocycles. The number of aryl methyl sites for hydroxylation is 1. The van der Waals surface area contributed by atoms with Gasteiger partial charge in [-0.2, -0.15) is 0 Å². The van der Waals surface area contributed by atoms with Crippen molar-refractivity contribution in [1.29, 1.82) is 0 Å². The molecule has 0 saturated heterocycles. The Kier molecular flexibility index (Phi) is 2.08. The van der Waals surface area contributed by atoms with Crippen LogP contribution in [0.15, 0.2) is 10.6 Å². The minimum Gasteiger partial charge on any atom is -0.478 e. The number of rotatable bonds is 2. The zero-order chi connectivity index (χ0) is 11.9. The molecule has 0 aliphatic rings. The second-order valence-electron chi connectivity index (χ2n) is 3.17. The zero-order valence-corrected chi connectivity index (χ0v) is 8.22. The normalized spacial score (nSPS) is 10.6. The molecule has 0 spiro atoms. The van der Waals surface area contributed by atoms with Crippen LogP contribution in [0.4, 0.5) is 0 Å². The predicted octanol–water partition coefficient (Wildman–Crippen LogP) is 0.328. The molecule has 0 aliphatic heterocycles. The molecule has 0 aliphatic carbocycles. The summed E-state index contributed by atoms with van der Waals surface area (Å²) in [6.45, 7) is 1.59. The van der Waals surface area contributed by atoms with Crippen molar-refractivity contribution < 1.29 is 19.2 Å². The zero-order valence-electron chi connectivity index (χ0n) is 8.22. The van der Waals surface area contributed by atoms with Crippen LogP contribution in [-0.4, -0.2) is 27.1 Å². The summed E-state index contributed by atoms with van der Waals surface area (Å²) in [5.41, 5.74) is 5.15. The Labute approximate surface area is 88.9 Å². The summed E-state index contributed by atoms with van der Waals surface area (Å²) >= 11 is 0. The van der Waals surface area contributed by atoms with Crippen LogP contribution in [-0.2, 0) is 0 Å². The Morgan fingerprint density at radius 2 is 2.19 bits per heavy atom. The first-order valence-electron chi connectivity index (χ1n) is 4.31. The number of pyridine rings is 1. The summed E-state index contributed by atoms with van der Waals surface area (Å²) in [5, 5.41) is 12.8. The average Bonchev–Trinajstić information content (AvgIpc) is 2.59. The predicted molar refractivity (Wildman–Crippen MR) is 52.0 cm³/mol. The maximum absolute atomic E-state index is 11.0. The molecule has 0 fully saturated rings. The van der Waals surface area contributed by atoms with Gasteiger partial charge < -0.3 is 15.4 Å². The number of fused-ring (bicyclic) bond motifs is 1. The second kappa shape index (κ2) is 3.30. The van der Waals surface area contributed by atoms with E-state index in [9.17, 15) is 9.59 Å². The quantitative estimate of drug-likeness (QED) is 0.753. The van der Waals surface area contributed by atoms with Gasteiger partial charge in [0.1, 0.15) is 5.69 Å². The van der Waals surface area contributed by atoms with E-state index in [0.29, 0.717) is 5.69 Å². The van der Waals surface area contributed by atoms with Crippen molar-refractivity contribution >= 4 is 23.0 Å². The first-order valence-corrected chi connectivity index (χ1v) is 4.31. The second-order valence-corrected chi connectivity index (χ2v) is 3.17. The third kappa shape index (κ3) is 1.38. The molecule has 0 atom stereocenters. The Balaban J connectivity index is 2.86. The summed E-state index contributed by atoms with van der Waals surface area (Å²) in [6.07, 6.45) is 0. The lowest BCUT2D eigenvalue weighted by Crippen LogP contribution is -2.14. The van der Waals surface area contributed by atoms with Gasteiger partial charge >= 0.3 is 5.97 Å². The number of nitrogens with two attached hydrogens (primary N) is 1. The SMILES string of the molecule is Cc1noc2nc(C(N)=O)cc(C(=O)O)c12. The van der Waals surface area contributed by atoms with E-state index in [4.69, 9.17) is 15.4 Å². The third-order valence-corrected chi connectivity index (χ3v) is 2.10. The van der Waals surface area contributed by atoms with Crippen LogP contribution in [0.1, 0.15) is 26.5 Å². The monoisotopic (exact) mass is 221 g/mol. The Bertz CT molecular complexity index is 602. The number of nitrogens with zero attached hydrogens (tertiary/aromatic N) is 2. The molecule has 1 amide bonds. The van der Waals surface area contributed by atoms with E-state index in [1.54, 1.807) is 6.92 Å². The molecule has 0 aromatic carbocycles. The van der Waals surface area contributed by atoms with E-state index in [2.05, 4.69) is 10.1 Å². The van der Waals surface area contributed by atoms with Crippen molar-refractivity contribution in [3.05, 3.63) is 23.0 Å². The first kappa shape index (κ1) is 10.1. The van der Waals surface area contributed by atoms with Crippen LogP contribution >= 0.6 is 0 Å². The lowest BCUT2D eigenvalue weighted by atomic mass is 10.1. The van der Waals surface area contributed by atoms with Crippen molar-refractivity contribution in [3.8, 4) is 0 Å². The molecule has 82 valence electrons. The van der Waals surface area contributed by atoms with Crippen LogP contribution in [0.5, 0.6) is 0 Å². The number of carbonyl (C=O) groups excluding carboxylic acids is 1. The number of hydrogen-bond donors (Lipinski definition) is 2. The maximum atomic E-state index is 11.0. The molecule has 3 N–H and O–H groups in total. The number of aromatic carboxylic acids is 1. The number of amides is 1. The molecule has 0 saturated carbocycles. The molecule has 7 nitrogen and oxygen atoms in total. The lowest BCUT2D eigenvalue weighted by Gasteiger charge is -1.99. The van der Waals surface area contributed by atoms with Gasteiger partial charge in [0.05, 0.1) is 16.6 Å². The Hall–Kier alpha value is -2.44. The summed E-state index contributed by atoms with van der Waals surface area (Å²) in [4.78, 5) is 25.7. The number of carboxylic acids is 1. The van der Waals surface area contributed by atoms with E-state index >= 15 is 0 Å². The van der Waals surface area contributed by atoms with E-state index in [1.807, 2.05) is 0 Å². The molecule has 2 aromatic heterocycles. The number of carboxylic acid groups (broad SMARTS) is 1. The van der Waals surface area contributed by atoms with Gasteiger partial charge in [0.2, 0.25) is 0 Å². The first-order chi connectivity index (χ1) is 7.50. The fraction of sp³-hybridized carbons (Fsp3) is 0.111. The highest BCUT2D eigenvalue weighted by Crippen LogP contribution is 2.21. The summed E-state index contributed by atoms with van der Waals surface area (Å²) in [7, 11) is 0. The van der Waals surface area contributed by atoms with E-state index in [-0.39, 0.29) is 22.4 Å². The average molecular weight is 221 g/mol. The van der Waals surface area contributed by atoms with Crippen molar-refractivity contribution in [2.75, 3.05) is 0 Å². The van der Waals surface area contributed by atoms with Crippen molar-refractivity contribution in [3.63, 3.8) is 0 Å². The highest BCUT2D eigenvalue weighted by Gasteiger charge is 2.19. The van der Waals surface area contributed by atoms with Gasteiger partial charge in [-0.1, -0.05) is 5.16 Å². The Morgan fingerprint density at radius 1 is 1.50 bits per heavy atom. The van der Waals surface area contributed by atoms with Crippen LogP contribution in [0, 0.1) is 6.92 Å². The number of primary amides is 1. The molecule has 0 unspecified atom stereocenters. The largest absolute Gasteiger partial charge is 0.478 e. The number of aromatic nitrogens is 2. The molecule has 16 heavy (non-hydrogen) atoms. The summed E-state index contributed by atoms with van der Waals surface area (Å²) in [6, 6.07) is 1.11. The smallest absolute Gasteiger partial charge is 0.336 e. The van der Waals surface area contributed by atoms with Gasteiger partial charge in [-0.15, -0.1) is 0 Å². The van der Waals surface area contributed by atoms with Gasteiger partial charge in [0.25, 0.3) is 11.6 Å². The standard InChI is InChI=1S/C9H7N3O4/c1-3-6-4(9(14)15)2-5(7(10)13)11-8(6)16-12-3/h2H,1H3,(H2,10,13)(H,14,15). The van der Waals surface area contributed by atoms with Crippen molar-refractivity contribution in [1.82, 2.24) is 10.1 Å². The van der Waals surface area contributed by atoms with Gasteiger partial charge in [-0.3, -0.25) is 4.79 Å². The Morgan fingerprint density at radius 3 is 2.75 bits per heavy atom. The van der Waals surface area contributed by atoms with Crippen LogP contribution in [0.25, 0.3) is 11.1 Å². The minimum atomic E-state index is -1.19. The van der Waals surface area contributed by atoms with Gasteiger partial charge in [0, 0.05) is 0 Å². The van der Waals surface area contributed by atoms with Crippen LogP contribution < -0.4 is 5.73 Å². The highest BCUT2D eigenvalue weighted by molar-refractivity contribution is 6.05. The van der Waals surface area contributed by atoms with Crippen molar-refractivity contribution in [2.24, 2.45) is 5.73 Å². The topological polar surface area (TPSA) is 119 Å². The third-order valence-electron chi connectivity index (χ3n) is 2.10. The fourth-order valence-electron chi connectivity index (χ4n) is 1.39. The molecule has 0 radical (unpaired) electrons. The maximum Gasteiger partial charge on any atom is 0.336 e. The van der Waals surface area contributed by atoms with Gasteiger partial charge in [0.15, 0.2) is 0 Å². The molecular weight excluding hydrogens is 214 g/mol. The van der Waals surface area contributed by atoms with E-state index in [0.717, 1.165) is 6.07 Å².